The molecule has 10 heavy (non-hydrogen) atoms. The summed E-state index contributed by atoms with van der Waals surface area (Å²) in [6.45, 7) is 9.05. The van der Waals surface area contributed by atoms with Crippen LogP contribution in [0.15, 0.2) is 0 Å². The van der Waals surface area contributed by atoms with E-state index >= 15 is 0 Å². The van der Waals surface area contributed by atoms with Crippen LogP contribution < -0.4 is 0 Å². The molecule has 0 saturated heterocycles. The summed E-state index contributed by atoms with van der Waals surface area (Å²) >= 11 is 0. The van der Waals surface area contributed by atoms with Gasteiger partial charge in [0.2, 0.25) is 0 Å². The van der Waals surface area contributed by atoms with Crippen LogP contribution in [0.25, 0.3) is 0 Å². The molecule has 0 aromatic rings. The van der Waals surface area contributed by atoms with Crippen molar-refractivity contribution in [3.8, 4) is 0 Å². The van der Waals surface area contributed by atoms with Crippen molar-refractivity contribution < 1.29 is 0 Å². The van der Waals surface area contributed by atoms with Crippen LogP contribution in [0.5, 0.6) is 0 Å². The number of unbranched alkanes of at least 4 members (excludes halogenated alkanes) is 2. The fraction of sp³-hybridized carbons (Fsp3) is 0.900. The summed E-state index contributed by atoms with van der Waals surface area (Å²) < 4.78 is 0. The average molecular weight is 141 g/mol. The molecular formula is C10H21. The van der Waals surface area contributed by atoms with Crippen molar-refractivity contribution in [1.82, 2.24) is 0 Å². The third-order valence-electron chi connectivity index (χ3n) is 2.23. The third kappa shape index (κ3) is 4.84. The first-order valence-electron chi connectivity index (χ1n) is 4.48. The fourth-order valence-electron chi connectivity index (χ4n) is 0.989. The zero-order valence-corrected chi connectivity index (χ0v) is 7.91. The summed E-state index contributed by atoms with van der Waals surface area (Å²) in [6.07, 6.45) is 5.53. The Hall–Kier alpha value is 0. The molecule has 0 saturated carbocycles. The van der Waals surface area contributed by atoms with E-state index in [4.69, 9.17) is 0 Å². The van der Waals surface area contributed by atoms with Crippen molar-refractivity contribution in [2.45, 2.75) is 53.4 Å². The highest BCUT2D eigenvalue weighted by molar-refractivity contribution is 4.83. The minimum Gasteiger partial charge on any atom is -0.0654 e. The van der Waals surface area contributed by atoms with Gasteiger partial charge in [0.1, 0.15) is 0 Å². The van der Waals surface area contributed by atoms with E-state index in [-0.39, 0.29) is 0 Å². The maximum Gasteiger partial charge on any atom is -0.0275 e. The highest BCUT2D eigenvalue weighted by atomic mass is 14.1. The van der Waals surface area contributed by atoms with E-state index in [0.717, 1.165) is 5.92 Å². The van der Waals surface area contributed by atoms with E-state index in [9.17, 15) is 0 Å². The monoisotopic (exact) mass is 141 g/mol. The molecular weight excluding hydrogens is 120 g/mol. The molecule has 0 aliphatic heterocycles. The van der Waals surface area contributed by atoms with Gasteiger partial charge in [-0.2, -0.15) is 0 Å². The molecule has 0 bridgehead atoms. The minimum absolute atomic E-state index is 0.839. The second-order valence-electron chi connectivity index (χ2n) is 3.47. The molecule has 1 atom stereocenters. The van der Waals surface area contributed by atoms with E-state index in [1.807, 2.05) is 0 Å². The first-order chi connectivity index (χ1) is 4.68. The molecule has 0 amide bonds. The first-order valence-corrected chi connectivity index (χ1v) is 4.48. The van der Waals surface area contributed by atoms with Crippen molar-refractivity contribution in [3.05, 3.63) is 5.92 Å². The van der Waals surface area contributed by atoms with Crippen LogP contribution >= 0.6 is 0 Å². The van der Waals surface area contributed by atoms with E-state index in [1.54, 1.807) is 5.92 Å². The molecule has 1 unspecified atom stereocenters. The molecule has 0 aliphatic rings. The highest BCUT2D eigenvalue weighted by Gasteiger charge is 2.05. The van der Waals surface area contributed by atoms with Gasteiger partial charge in [0.05, 0.1) is 0 Å². The summed E-state index contributed by atoms with van der Waals surface area (Å²) in [6, 6.07) is 0. The molecule has 0 heteroatoms. The lowest BCUT2D eigenvalue weighted by Crippen LogP contribution is -2.00. The fourth-order valence-corrected chi connectivity index (χ4v) is 0.989. The normalized spacial score (nSPS) is 14.1. The molecule has 0 rings (SSSR count). The number of rotatable bonds is 5. The van der Waals surface area contributed by atoms with Gasteiger partial charge < -0.3 is 0 Å². The van der Waals surface area contributed by atoms with Gasteiger partial charge in [0.25, 0.3) is 0 Å². The second-order valence-corrected chi connectivity index (χ2v) is 3.47. The van der Waals surface area contributed by atoms with Crippen molar-refractivity contribution in [2.75, 3.05) is 0 Å². The van der Waals surface area contributed by atoms with Crippen LogP contribution in [-0.2, 0) is 0 Å². The molecule has 0 N–H and O–H groups in total. The maximum atomic E-state index is 2.32. The van der Waals surface area contributed by atoms with Crippen LogP contribution in [0.2, 0.25) is 0 Å². The van der Waals surface area contributed by atoms with E-state index in [0.29, 0.717) is 0 Å². The summed E-state index contributed by atoms with van der Waals surface area (Å²) in [7, 11) is 0. The smallest absolute Gasteiger partial charge is 0.0275 e. The predicted molar refractivity (Wildman–Crippen MR) is 47.9 cm³/mol. The second kappa shape index (κ2) is 5.76. The lowest BCUT2D eigenvalue weighted by molar-refractivity contribution is 0.511. The molecule has 0 fully saturated rings. The Morgan fingerprint density at radius 2 is 1.80 bits per heavy atom. The van der Waals surface area contributed by atoms with Crippen molar-refractivity contribution in [2.24, 2.45) is 5.92 Å². The van der Waals surface area contributed by atoms with Crippen LogP contribution in [0.4, 0.5) is 0 Å². The number of hydrogen-bond acceptors (Lipinski definition) is 0. The molecule has 0 spiro atoms. The zero-order chi connectivity index (χ0) is 7.98. The molecule has 0 aliphatic carbocycles. The van der Waals surface area contributed by atoms with Gasteiger partial charge in [-0.3, -0.25) is 0 Å². The largest absolute Gasteiger partial charge is 0.0654 e. The molecule has 0 heterocycles. The third-order valence-corrected chi connectivity index (χ3v) is 2.23. The summed E-state index contributed by atoms with van der Waals surface area (Å²) in [4.78, 5) is 0. The van der Waals surface area contributed by atoms with E-state index in [2.05, 4.69) is 27.7 Å². The molecule has 61 valence electrons. The van der Waals surface area contributed by atoms with Gasteiger partial charge in [-0.05, 0) is 11.8 Å². The first kappa shape index (κ1) is 10.0. The van der Waals surface area contributed by atoms with Gasteiger partial charge in [-0.1, -0.05) is 53.4 Å². The Morgan fingerprint density at radius 1 is 1.20 bits per heavy atom. The van der Waals surface area contributed by atoms with Crippen LogP contribution in [0.1, 0.15) is 53.4 Å². The Morgan fingerprint density at radius 3 is 2.20 bits per heavy atom. The van der Waals surface area contributed by atoms with Gasteiger partial charge >= 0.3 is 0 Å². The van der Waals surface area contributed by atoms with E-state index in [1.165, 1.54) is 25.7 Å². The topological polar surface area (TPSA) is 0 Å². The van der Waals surface area contributed by atoms with Crippen LogP contribution in [-0.4, -0.2) is 0 Å². The minimum atomic E-state index is 0.839. The van der Waals surface area contributed by atoms with Gasteiger partial charge in [-0.15, -0.1) is 0 Å². The van der Waals surface area contributed by atoms with Crippen molar-refractivity contribution in [3.63, 3.8) is 0 Å². The van der Waals surface area contributed by atoms with Gasteiger partial charge in [0, 0.05) is 0 Å². The Balaban J connectivity index is 3.13. The molecule has 0 aromatic carbocycles. The van der Waals surface area contributed by atoms with Gasteiger partial charge in [-0.25, -0.2) is 0 Å². The van der Waals surface area contributed by atoms with E-state index < -0.39 is 0 Å². The Labute approximate surface area is 66.0 Å². The molecule has 0 nitrogen and oxygen atoms in total. The standard InChI is InChI=1S/C10H21/c1-5-6-7-8-10(4)9(2)3/h10H,5-8H2,1-4H3. The molecule has 1 radical (unpaired) electrons. The predicted octanol–water partition coefficient (Wildman–Crippen LogP) is 3.82. The lowest BCUT2D eigenvalue weighted by Gasteiger charge is -2.13. The Kier molecular flexibility index (Phi) is 5.76. The van der Waals surface area contributed by atoms with Crippen LogP contribution in [0, 0.1) is 11.8 Å². The van der Waals surface area contributed by atoms with Crippen molar-refractivity contribution >= 4 is 0 Å². The SMILES string of the molecule is CCCCCC(C)[C](C)C. The van der Waals surface area contributed by atoms with Gasteiger partial charge in [0.15, 0.2) is 0 Å². The summed E-state index contributed by atoms with van der Waals surface area (Å²) in [5.41, 5.74) is 0. The summed E-state index contributed by atoms with van der Waals surface area (Å²) in [5.74, 6) is 2.42. The Bertz CT molecular complexity index is 64.4. The van der Waals surface area contributed by atoms with Crippen molar-refractivity contribution in [1.29, 1.82) is 0 Å². The summed E-state index contributed by atoms with van der Waals surface area (Å²) in [5, 5.41) is 0. The highest BCUT2D eigenvalue weighted by Crippen LogP contribution is 2.18. The lowest BCUT2D eigenvalue weighted by atomic mass is 9.92. The number of hydrogen-bond donors (Lipinski definition) is 0. The molecule has 0 aromatic heterocycles. The maximum absolute atomic E-state index is 2.32. The quantitative estimate of drug-likeness (QED) is 0.511. The van der Waals surface area contributed by atoms with Crippen LogP contribution in [0.3, 0.4) is 0 Å². The average Bonchev–Trinajstić information content (AvgIpc) is 1.88. The zero-order valence-electron chi connectivity index (χ0n) is 7.91.